The number of ether oxygens (including phenoxy) is 2. The lowest BCUT2D eigenvalue weighted by atomic mass is 10.1. The minimum absolute atomic E-state index is 0.115. The highest BCUT2D eigenvalue weighted by Crippen LogP contribution is 2.41. The molecule has 10 heteroatoms. The average Bonchev–Trinajstić information content (AvgIpc) is 3.31. The first kappa shape index (κ1) is 21.2. The molecule has 4 N–H and O–H groups in total. The molecule has 2 aromatic heterocycles. The first-order valence-corrected chi connectivity index (χ1v) is 10.5. The van der Waals surface area contributed by atoms with Crippen LogP contribution in [0.1, 0.15) is 26.3 Å². The van der Waals surface area contributed by atoms with E-state index in [1.54, 1.807) is 6.07 Å². The Morgan fingerprint density at radius 1 is 1.32 bits per heavy atom. The number of benzene rings is 1. The van der Waals surface area contributed by atoms with Gasteiger partial charge in [-0.25, -0.2) is 15.0 Å². The van der Waals surface area contributed by atoms with Gasteiger partial charge in [-0.05, 0) is 26.8 Å². The lowest BCUT2D eigenvalue weighted by Gasteiger charge is -2.23. The molecule has 1 unspecified atom stereocenters. The predicted octanol–water partition coefficient (Wildman–Crippen LogP) is 2.02. The van der Waals surface area contributed by atoms with Crippen LogP contribution in [0.15, 0.2) is 28.5 Å². The van der Waals surface area contributed by atoms with Gasteiger partial charge < -0.3 is 30.2 Å². The number of β-amino-alcohol motifs (C(OH)–C–C–N with tert-alkyl or cyclic N) is 1. The minimum Gasteiger partial charge on any atom is -0.454 e. The fraction of sp³-hybridized carbons (Fsp3) is 0.381. The van der Waals surface area contributed by atoms with Gasteiger partial charge in [-0.1, -0.05) is 17.7 Å². The van der Waals surface area contributed by atoms with Crippen molar-refractivity contribution in [3.63, 3.8) is 0 Å². The van der Waals surface area contributed by atoms with E-state index >= 15 is 0 Å². The van der Waals surface area contributed by atoms with E-state index in [2.05, 4.69) is 26.2 Å². The second-order valence-corrected chi connectivity index (χ2v) is 9.18. The fourth-order valence-corrected chi connectivity index (χ4v) is 4.09. The van der Waals surface area contributed by atoms with Crippen LogP contribution in [0.25, 0.3) is 11.2 Å². The van der Waals surface area contributed by atoms with E-state index in [1.165, 1.54) is 18.1 Å². The van der Waals surface area contributed by atoms with Crippen molar-refractivity contribution < 1.29 is 14.6 Å². The van der Waals surface area contributed by atoms with Crippen molar-refractivity contribution in [3.8, 4) is 23.8 Å². The van der Waals surface area contributed by atoms with Gasteiger partial charge >= 0.3 is 0 Å². The second-order valence-electron chi connectivity index (χ2n) is 8.17. The number of nitrogens with two attached hydrogens (primary N) is 1. The number of anilines is 1. The van der Waals surface area contributed by atoms with Gasteiger partial charge in [0.15, 0.2) is 33.6 Å². The number of aliphatic hydroxyl groups excluding tert-OH is 1. The number of fused-ring (bicyclic) bond motifs is 2. The highest BCUT2D eigenvalue weighted by atomic mass is 32.2. The molecule has 1 aliphatic heterocycles. The zero-order valence-corrected chi connectivity index (χ0v) is 18.4. The van der Waals surface area contributed by atoms with Gasteiger partial charge in [0, 0.05) is 28.6 Å². The monoisotopic (exact) mass is 440 g/mol. The third-order valence-corrected chi connectivity index (χ3v) is 5.67. The smallest absolute Gasteiger partial charge is 0.231 e. The number of hydrogen-bond donors (Lipinski definition) is 3. The fourth-order valence-electron chi connectivity index (χ4n) is 3.09. The molecule has 1 aliphatic rings. The summed E-state index contributed by atoms with van der Waals surface area (Å²) < 4.78 is 12.7. The number of nitrogen functional groups attached to an aromatic ring is 1. The number of nitrogens with zero attached hydrogens (tertiary/aromatic N) is 4. The highest BCUT2D eigenvalue weighted by molar-refractivity contribution is 7.99. The van der Waals surface area contributed by atoms with E-state index in [0.29, 0.717) is 39.9 Å². The summed E-state index contributed by atoms with van der Waals surface area (Å²) in [6, 6.07) is 3.60. The topological polar surface area (TPSA) is 120 Å². The van der Waals surface area contributed by atoms with E-state index in [-0.39, 0.29) is 24.7 Å². The second kappa shape index (κ2) is 8.26. The summed E-state index contributed by atoms with van der Waals surface area (Å²) >= 11 is 1.35. The van der Waals surface area contributed by atoms with Gasteiger partial charge in [-0.2, -0.15) is 0 Å². The van der Waals surface area contributed by atoms with Gasteiger partial charge in [0.25, 0.3) is 0 Å². The van der Waals surface area contributed by atoms with Crippen LogP contribution in [0.3, 0.4) is 0 Å². The lowest BCUT2D eigenvalue weighted by Crippen LogP contribution is -2.42. The summed E-state index contributed by atoms with van der Waals surface area (Å²) in [6.07, 6.45) is 6.44. The summed E-state index contributed by atoms with van der Waals surface area (Å²) in [7, 11) is 0. The zero-order chi connectivity index (χ0) is 22.2. The van der Waals surface area contributed by atoms with Crippen LogP contribution in [0.4, 0.5) is 5.82 Å². The largest absolute Gasteiger partial charge is 0.454 e. The first-order valence-electron chi connectivity index (χ1n) is 9.73. The summed E-state index contributed by atoms with van der Waals surface area (Å²) in [5, 5.41) is 14.6. The molecule has 0 bridgehead atoms. The molecule has 1 aromatic carbocycles. The standard InChI is InChI=1S/C21H24N6O3S/c1-5-12-6-14-15(30-11-29-14)7-16(12)31-20-26-17-18(22)23-10-24-19(17)27(20)9-13(28)8-25-21(2,3)4/h1,6-7,10,13,25,28H,8-9,11H2,2-4H3,(H2,22,23,24). The predicted molar refractivity (Wildman–Crippen MR) is 118 cm³/mol. The normalized spacial score (nSPS) is 14.0. The summed E-state index contributed by atoms with van der Waals surface area (Å²) in [4.78, 5) is 13.8. The van der Waals surface area contributed by atoms with Crippen LogP contribution < -0.4 is 20.5 Å². The number of imidazole rings is 1. The van der Waals surface area contributed by atoms with Crippen LogP contribution in [0, 0.1) is 12.3 Å². The Bertz CT molecular complexity index is 1160. The minimum atomic E-state index is -0.670. The SMILES string of the molecule is C#Cc1cc2c(cc1Sc1nc3c(N)ncnc3n1CC(O)CNC(C)(C)C)OCO2. The van der Waals surface area contributed by atoms with Gasteiger partial charge in [0.05, 0.1) is 12.6 Å². The molecule has 0 fully saturated rings. The number of aliphatic hydroxyl groups is 1. The molecule has 31 heavy (non-hydrogen) atoms. The van der Waals surface area contributed by atoms with E-state index < -0.39 is 6.10 Å². The zero-order valence-electron chi connectivity index (χ0n) is 17.5. The number of aromatic nitrogens is 4. The summed E-state index contributed by atoms with van der Waals surface area (Å²) in [5.74, 6) is 4.19. The maximum absolute atomic E-state index is 10.7. The van der Waals surface area contributed by atoms with E-state index in [4.69, 9.17) is 21.6 Å². The van der Waals surface area contributed by atoms with Gasteiger partial charge in [-0.3, -0.25) is 0 Å². The van der Waals surface area contributed by atoms with Gasteiger partial charge in [-0.15, -0.1) is 6.42 Å². The third-order valence-electron chi connectivity index (χ3n) is 4.62. The van der Waals surface area contributed by atoms with Crippen molar-refractivity contribution in [3.05, 3.63) is 24.0 Å². The molecule has 162 valence electrons. The summed E-state index contributed by atoms with van der Waals surface area (Å²) in [6.45, 7) is 6.97. The van der Waals surface area contributed by atoms with Crippen molar-refractivity contribution >= 4 is 28.7 Å². The Morgan fingerprint density at radius 2 is 2.06 bits per heavy atom. The quantitative estimate of drug-likeness (QED) is 0.494. The molecule has 0 radical (unpaired) electrons. The number of terminal acetylenes is 1. The molecular weight excluding hydrogens is 416 g/mol. The molecule has 0 amide bonds. The molecular formula is C21H24N6O3S. The Kier molecular flexibility index (Phi) is 5.66. The van der Waals surface area contributed by atoms with Gasteiger partial charge in [0.1, 0.15) is 6.33 Å². The maximum Gasteiger partial charge on any atom is 0.231 e. The molecule has 0 aliphatic carbocycles. The molecule has 3 aromatic rings. The Labute approximate surface area is 184 Å². The van der Waals surface area contributed by atoms with Crippen molar-refractivity contribution in [2.45, 2.75) is 49.0 Å². The number of rotatable bonds is 6. The first-order chi connectivity index (χ1) is 14.7. The average molecular weight is 441 g/mol. The van der Waals surface area contributed by atoms with Crippen molar-refractivity contribution in [2.24, 2.45) is 0 Å². The van der Waals surface area contributed by atoms with E-state index in [0.717, 1.165) is 4.90 Å². The molecule has 0 spiro atoms. The lowest BCUT2D eigenvalue weighted by molar-refractivity contribution is 0.140. The highest BCUT2D eigenvalue weighted by Gasteiger charge is 2.22. The van der Waals surface area contributed by atoms with E-state index in [9.17, 15) is 5.11 Å². The Balaban J connectivity index is 1.70. The summed E-state index contributed by atoms with van der Waals surface area (Å²) in [5.41, 5.74) is 7.59. The molecule has 0 saturated carbocycles. The molecule has 9 nitrogen and oxygen atoms in total. The molecule has 0 saturated heterocycles. The van der Waals surface area contributed by atoms with Crippen molar-refractivity contribution in [2.75, 3.05) is 19.1 Å². The van der Waals surface area contributed by atoms with Crippen LogP contribution in [0.5, 0.6) is 11.5 Å². The maximum atomic E-state index is 10.7. The molecule has 1 atom stereocenters. The van der Waals surface area contributed by atoms with Gasteiger partial charge in [0.2, 0.25) is 6.79 Å². The van der Waals surface area contributed by atoms with E-state index in [1.807, 2.05) is 31.4 Å². The third kappa shape index (κ3) is 4.54. The van der Waals surface area contributed by atoms with Crippen LogP contribution in [0.2, 0.25) is 0 Å². The molecule has 4 rings (SSSR count). The van der Waals surface area contributed by atoms with Crippen LogP contribution in [-0.2, 0) is 6.54 Å². The Hall–Kier alpha value is -3.00. The Morgan fingerprint density at radius 3 is 2.77 bits per heavy atom. The number of hydrogen-bond acceptors (Lipinski definition) is 9. The van der Waals surface area contributed by atoms with Crippen LogP contribution >= 0.6 is 11.8 Å². The van der Waals surface area contributed by atoms with Crippen molar-refractivity contribution in [1.29, 1.82) is 0 Å². The van der Waals surface area contributed by atoms with Crippen molar-refractivity contribution in [1.82, 2.24) is 24.8 Å². The van der Waals surface area contributed by atoms with Crippen LogP contribution in [-0.4, -0.2) is 49.6 Å². The number of nitrogens with one attached hydrogen (secondary N) is 1. The molecule has 3 heterocycles.